The average Bonchev–Trinajstić information content (AvgIpc) is 2.78. The number of allylic oxidation sites excluding steroid dienone is 1. The van der Waals surface area contributed by atoms with Gasteiger partial charge in [0.15, 0.2) is 0 Å². The third-order valence-electron chi connectivity index (χ3n) is 3.67. The second-order valence-corrected chi connectivity index (χ2v) is 5.13. The van der Waals surface area contributed by atoms with Crippen molar-refractivity contribution in [2.45, 2.75) is 50.6 Å². The van der Waals surface area contributed by atoms with Gasteiger partial charge in [0, 0.05) is 20.6 Å². The van der Waals surface area contributed by atoms with Crippen LogP contribution < -0.4 is 0 Å². The Morgan fingerprint density at radius 3 is 2.26 bits per heavy atom. The first-order valence-corrected chi connectivity index (χ1v) is 7.14. The summed E-state index contributed by atoms with van der Waals surface area (Å²) in [4.78, 5) is 14.4. The van der Waals surface area contributed by atoms with Crippen LogP contribution in [0.2, 0.25) is 0 Å². The summed E-state index contributed by atoms with van der Waals surface area (Å²) in [5, 5.41) is 0. The Morgan fingerprint density at radius 2 is 1.79 bits per heavy atom. The van der Waals surface area contributed by atoms with Gasteiger partial charge in [-0.3, -0.25) is 4.79 Å². The largest absolute Gasteiger partial charge is 0.383 e. The van der Waals surface area contributed by atoms with Crippen LogP contribution in [-0.4, -0.2) is 50.3 Å². The molecule has 1 saturated heterocycles. The SMILES string of the molecule is C=CCCCCC(=O)N1[C@H](COC)CC[C@H]1COC. The number of hydrogen-bond donors (Lipinski definition) is 0. The highest BCUT2D eigenvalue weighted by Crippen LogP contribution is 2.26. The van der Waals surface area contributed by atoms with Gasteiger partial charge in [0.2, 0.25) is 5.91 Å². The van der Waals surface area contributed by atoms with Gasteiger partial charge in [-0.05, 0) is 32.1 Å². The number of hydrogen-bond acceptors (Lipinski definition) is 3. The van der Waals surface area contributed by atoms with Crippen LogP contribution in [0.25, 0.3) is 0 Å². The maximum atomic E-state index is 12.4. The van der Waals surface area contributed by atoms with E-state index in [0.717, 1.165) is 32.1 Å². The highest BCUT2D eigenvalue weighted by Gasteiger charge is 2.36. The van der Waals surface area contributed by atoms with Crippen LogP contribution in [-0.2, 0) is 14.3 Å². The third-order valence-corrected chi connectivity index (χ3v) is 3.67. The minimum absolute atomic E-state index is 0.219. The van der Waals surface area contributed by atoms with Crippen LogP contribution in [0.4, 0.5) is 0 Å². The summed E-state index contributed by atoms with van der Waals surface area (Å²) < 4.78 is 10.5. The number of amides is 1. The van der Waals surface area contributed by atoms with E-state index in [-0.39, 0.29) is 18.0 Å². The van der Waals surface area contributed by atoms with Gasteiger partial charge in [-0.25, -0.2) is 0 Å². The lowest BCUT2D eigenvalue weighted by atomic mass is 10.1. The summed E-state index contributed by atoms with van der Waals surface area (Å²) in [6.07, 6.45) is 7.50. The number of likely N-dealkylation sites (tertiary alicyclic amines) is 1. The Bertz CT molecular complexity index is 267. The lowest BCUT2D eigenvalue weighted by Gasteiger charge is -2.30. The molecule has 0 aromatic rings. The molecule has 0 aliphatic carbocycles. The Labute approximate surface area is 116 Å². The second-order valence-electron chi connectivity index (χ2n) is 5.13. The number of carbonyl (C=O) groups excluding carboxylic acids is 1. The maximum Gasteiger partial charge on any atom is 0.223 e. The van der Waals surface area contributed by atoms with E-state index in [4.69, 9.17) is 9.47 Å². The standard InChI is InChI=1S/C15H27NO3/c1-4-5-6-7-8-15(17)16-13(11-18-2)9-10-14(16)12-19-3/h4,13-14H,1,5-12H2,2-3H3/t13-,14-/m0/s1. The monoisotopic (exact) mass is 269 g/mol. The summed E-state index contributed by atoms with van der Waals surface area (Å²) >= 11 is 0. The molecule has 0 saturated carbocycles. The average molecular weight is 269 g/mol. The Hall–Kier alpha value is -0.870. The van der Waals surface area contributed by atoms with Crippen molar-refractivity contribution in [3.63, 3.8) is 0 Å². The van der Waals surface area contributed by atoms with Crippen molar-refractivity contribution < 1.29 is 14.3 Å². The van der Waals surface area contributed by atoms with Gasteiger partial charge in [0.05, 0.1) is 25.3 Å². The summed E-state index contributed by atoms with van der Waals surface area (Å²) in [7, 11) is 3.38. The molecule has 4 heteroatoms. The molecular weight excluding hydrogens is 242 g/mol. The van der Waals surface area contributed by atoms with E-state index >= 15 is 0 Å². The molecule has 1 fully saturated rings. The van der Waals surface area contributed by atoms with Crippen molar-refractivity contribution in [3.05, 3.63) is 12.7 Å². The molecular formula is C15H27NO3. The Balaban J connectivity index is 2.50. The van der Waals surface area contributed by atoms with Gasteiger partial charge in [0.25, 0.3) is 0 Å². The third kappa shape index (κ3) is 4.96. The fourth-order valence-corrected chi connectivity index (χ4v) is 2.77. The Morgan fingerprint density at radius 1 is 1.21 bits per heavy atom. The zero-order chi connectivity index (χ0) is 14.1. The van der Waals surface area contributed by atoms with E-state index in [2.05, 4.69) is 6.58 Å². The molecule has 0 N–H and O–H groups in total. The zero-order valence-corrected chi connectivity index (χ0v) is 12.3. The molecule has 0 bridgehead atoms. The van der Waals surface area contributed by atoms with Crippen molar-refractivity contribution in [1.29, 1.82) is 0 Å². The molecule has 1 rings (SSSR count). The van der Waals surface area contributed by atoms with E-state index in [0.29, 0.717) is 19.6 Å². The maximum absolute atomic E-state index is 12.4. The van der Waals surface area contributed by atoms with E-state index in [1.807, 2.05) is 11.0 Å². The van der Waals surface area contributed by atoms with Crippen molar-refractivity contribution in [1.82, 2.24) is 4.90 Å². The van der Waals surface area contributed by atoms with Crippen molar-refractivity contribution in [2.75, 3.05) is 27.4 Å². The normalized spacial score (nSPS) is 22.7. The highest BCUT2D eigenvalue weighted by molar-refractivity contribution is 5.77. The fourth-order valence-electron chi connectivity index (χ4n) is 2.77. The van der Waals surface area contributed by atoms with Crippen LogP contribution in [0.1, 0.15) is 38.5 Å². The van der Waals surface area contributed by atoms with E-state index in [1.54, 1.807) is 14.2 Å². The summed E-state index contributed by atoms with van der Waals surface area (Å²) in [5.41, 5.74) is 0. The second kappa shape index (κ2) is 9.10. The van der Waals surface area contributed by atoms with E-state index < -0.39 is 0 Å². The molecule has 1 heterocycles. The summed E-state index contributed by atoms with van der Waals surface area (Å²) in [6, 6.07) is 0.439. The molecule has 1 aliphatic rings. The smallest absolute Gasteiger partial charge is 0.223 e. The number of nitrogens with zero attached hydrogens (tertiary/aromatic N) is 1. The van der Waals surface area contributed by atoms with Gasteiger partial charge >= 0.3 is 0 Å². The van der Waals surface area contributed by atoms with Gasteiger partial charge in [0.1, 0.15) is 0 Å². The summed E-state index contributed by atoms with van der Waals surface area (Å²) in [6.45, 7) is 4.95. The van der Waals surface area contributed by atoms with Crippen molar-refractivity contribution in [2.24, 2.45) is 0 Å². The molecule has 0 unspecified atom stereocenters. The highest BCUT2D eigenvalue weighted by atomic mass is 16.5. The lowest BCUT2D eigenvalue weighted by molar-refractivity contribution is -0.136. The van der Waals surface area contributed by atoms with Crippen molar-refractivity contribution >= 4 is 5.91 Å². The van der Waals surface area contributed by atoms with E-state index in [1.165, 1.54) is 0 Å². The molecule has 0 aromatic carbocycles. The van der Waals surface area contributed by atoms with Gasteiger partial charge < -0.3 is 14.4 Å². The van der Waals surface area contributed by atoms with Crippen molar-refractivity contribution in [3.8, 4) is 0 Å². The minimum Gasteiger partial charge on any atom is -0.383 e. The van der Waals surface area contributed by atoms with Crippen LogP contribution in [0.5, 0.6) is 0 Å². The quantitative estimate of drug-likeness (QED) is 0.476. The molecule has 0 spiro atoms. The first kappa shape index (κ1) is 16.2. The first-order valence-electron chi connectivity index (χ1n) is 7.14. The van der Waals surface area contributed by atoms with Gasteiger partial charge in [-0.2, -0.15) is 0 Å². The van der Waals surface area contributed by atoms with E-state index in [9.17, 15) is 4.79 Å². The minimum atomic E-state index is 0.219. The van der Waals surface area contributed by atoms with Gasteiger partial charge in [-0.1, -0.05) is 6.08 Å². The number of unbranched alkanes of at least 4 members (excludes halogenated alkanes) is 2. The first-order chi connectivity index (χ1) is 9.24. The fraction of sp³-hybridized carbons (Fsp3) is 0.800. The zero-order valence-electron chi connectivity index (χ0n) is 12.3. The molecule has 19 heavy (non-hydrogen) atoms. The number of rotatable bonds is 9. The van der Waals surface area contributed by atoms with Crippen LogP contribution >= 0.6 is 0 Å². The predicted molar refractivity (Wildman–Crippen MR) is 76.1 cm³/mol. The molecule has 1 amide bonds. The molecule has 0 radical (unpaired) electrons. The molecule has 2 atom stereocenters. The number of carbonyl (C=O) groups is 1. The molecule has 0 aromatic heterocycles. The number of methoxy groups -OCH3 is 2. The van der Waals surface area contributed by atoms with Crippen LogP contribution in [0, 0.1) is 0 Å². The number of ether oxygens (including phenoxy) is 2. The summed E-state index contributed by atoms with van der Waals surface area (Å²) in [5.74, 6) is 0.241. The molecule has 4 nitrogen and oxygen atoms in total. The van der Waals surface area contributed by atoms with Crippen LogP contribution in [0.15, 0.2) is 12.7 Å². The molecule has 1 aliphatic heterocycles. The Kier molecular flexibility index (Phi) is 7.75. The predicted octanol–water partition coefficient (Wildman–Crippen LogP) is 2.39. The van der Waals surface area contributed by atoms with Crippen LogP contribution in [0.3, 0.4) is 0 Å². The lowest BCUT2D eigenvalue weighted by Crippen LogP contribution is -2.44. The molecule has 110 valence electrons. The topological polar surface area (TPSA) is 38.8 Å². The van der Waals surface area contributed by atoms with Gasteiger partial charge in [-0.15, -0.1) is 6.58 Å².